The summed E-state index contributed by atoms with van der Waals surface area (Å²) in [6, 6.07) is 14.8. The summed E-state index contributed by atoms with van der Waals surface area (Å²) in [5.41, 5.74) is 4.29. The second-order valence-corrected chi connectivity index (χ2v) is 7.54. The lowest BCUT2D eigenvalue weighted by Crippen LogP contribution is -2.42. The number of aliphatic hydroxyl groups is 1. The second kappa shape index (κ2) is 6.87. The number of halogens is 1. The van der Waals surface area contributed by atoms with E-state index >= 15 is 0 Å². The minimum absolute atomic E-state index is 0.0684. The summed E-state index contributed by atoms with van der Waals surface area (Å²) < 4.78 is 1.04. The highest BCUT2D eigenvalue weighted by molar-refractivity contribution is 9.10. The topological polar surface area (TPSA) is 85.3 Å². The van der Waals surface area contributed by atoms with Gasteiger partial charge >= 0.3 is 5.97 Å². The number of carboxylic acid groups (broad SMARTS) is 1. The molecule has 0 fully saturated rings. The lowest BCUT2D eigenvalue weighted by Gasteiger charge is -2.25. The van der Waals surface area contributed by atoms with Crippen molar-refractivity contribution in [2.45, 2.75) is 31.0 Å². The van der Waals surface area contributed by atoms with Crippen LogP contribution >= 0.6 is 15.9 Å². The summed E-state index contributed by atoms with van der Waals surface area (Å²) in [4.78, 5) is 14.8. The maximum Gasteiger partial charge on any atom is 0.334 e. The number of nitrogens with one attached hydrogen (secondary N) is 2. The molecule has 1 aromatic heterocycles. The average molecular weight is 415 g/mol. The molecule has 4 rings (SSSR count). The van der Waals surface area contributed by atoms with Crippen LogP contribution in [0.3, 0.4) is 0 Å². The van der Waals surface area contributed by atoms with Crippen LogP contribution in [0.15, 0.2) is 53.0 Å². The van der Waals surface area contributed by atoms with Crippen molar-refractivity contribution >= 4 is 32.8 Å². The van der Waals surface area contributed by atoms with Crippen molar-refractivity contribution in [1.29, 1.82) is 0 Å². The number of hydrogen-bond acceptors (Lipinski definition) is 3. The molecular formula is C20H19BrN2O3. The molecule has 3 aromatic rings. The van der Waals surface area contributed by atoms with Crippen LogP contribution in [0.25, 0.3) is 10.9 Å². The number of aromatic amines is 1. The number of aliphatic hydroxyl groups excluding tert-OH is 1. The van der Waals surface area contributed by atoms with E-state index in [1.807, 2.05) is 42.5 Å². The van der Waals surface area contributed by atoms with E-state index in [9.17, 15) is 15.0 Å². The van der Waals surface area contributed by atoms with Gasteiger partial charge in [0.15, 0.2) is 6.10 Å². The lowest BCUT2D eigenvalue weighted by molar-refractivity contribution is -0.148. The van der Waals surface area contributed by atoms with E-state index in [0.29, 0.717) is 0 Å². The van der Waals surface area contributed by atoms with Gasteiger partial charge in [-0.05, 0) is 39.5 Å². The van der Waals surface area contributed by atoms with Crippen LogP contribution in [0.2, 0.25) is 0 Å². The Bertz CT molecular complexity index is 954. The monoisotopic (exact) mass is 414 g/mol. The van der Waals surface area contributed by atoms with Gasteiger partial charge in [0.2, 0.25) is 0 Å². The average Bonchev–Trinajstić information content (AvgIpc) is 3.18. The molecule has 2 aromatic carbocycles. The van der Waals surface area contributed by atoms with E-state index in [1.54, 1.807) is 0 Å². The van der Waals surface area contributed by atoms with Crippen molar-refractivity contribution < 1.29 is 15.0 Å². The molecule has 6 heteroatoms. The first kappa shape index (κ1) is 17.3. The Labute approximate surface area is 159 Å². The Morgan fingerprint density at radius 3 is 2.65 bits per heavy atom. The van der Waals surface area contributed by atoms with Gasteiger partial charge in [-0.25, -0.2) is 4.79 Å². The summed E-state index contributed by atoms with van der Waals surface area (Å²) >= 11 is 3.57. The fraction of sp³-hybridized carbons (Fsp3) is 0.250. The maximum atomic E-state index is 11.4. The third-order valence-electron chi connectivity index (χ3n) is 5.02. The number of aromatic nitrogens is 1. The number of aliphatic carboxylic acids is 1. The highest BCUT2D eigenvalue weighted by Gasteiger charge is 2.33. The van der Waals surface area contributed by atoms with E-state index in [4.69, 9.17) is 0 Å². The van der Waals surface area contributed by atoms with E-state index < -0.39 is 18.1 Å². The van der Waals surface area contributed by atoms with Gasteiger partial charge in [-0.2, -0.15) is 0 Å². The van der Waals surface area contributed by atoms with Crippen molar-refractivity contribution in [3.63, 3.8) is 0 Å². The van der Waals surface area contributed by atoms with Gasteiger partial charge < -0.3 is 20.5 Å². The first-order valence-electron chi connectivity index (χ1n) is 8.54. The van der Waals surface area contributed by atoms with Gasteiger partial charge in [-0.1, -0.05) is 42.5 Å². The van der Waals surface area contributed by atoms with Gasteiger partial charge in [-0.3, -0.25) is 0 Å². The Morgan fingerprint density at radius 1 is 1.15 bits per heavy atom. The Balaban J connectivity index is 1.59. The summed E-state index contributed by atoms with van der Waals surface area (Å²) in [6.45, 7) is 0. The fourth-order valence-corrected chi connectivity index (χ4v) is 4.27. The number of rotatable bonds is 5. The highest BCUT2D eigenvalue weighted by atomic mass is 79.9. The molecule has 4 N–H and O–H groups in total. The van der Waals surface area contributed by atoms with E-state index in [2.05, 4.69) is 32.3 Å². The number of carboxylic acids is 1. The summed E-state index contributed by atoms with van der Waals surface area (Å²) in [5, 5.41) is 24.0. The normalized spacial score (nSPS) is 18.6. The van der Waals surface area contributed by atoms with Crippen LogP contribution in [-0.2, 0) is 17.6 Å². The molecule has 0 bridgehead atoms. The molecule has 1 aliphatic rings. The molecule has 0 aliphatic heterocycles. The molecule has 0 saturated carbocycles. The molecule has 0 amide bonds. The molecule has 1 aliphatic carbocycles. The fourth-order valence-electron chi connectivity index (χ4n) is 3.81. The molecule has 1 heterocycles. The predicted molar refractivity (Wildman–Crippen MR) is 103 cm³/mol. The molecule has 3 atom stereocenters. The van der Waals surface area contributed by atoms with Crippen LogP contribution in [-0.4, -0.2) is 33.3 Å². The Morgan fingerprint density at radius 2 is 1.92 bits per heavy atom. The zero-order valence-corrected chi connectivity index (χ0v) is 15.5. The lowest BCUT2D eigenvalue weighted by atomic mass is 9.99. The van der Waals surface area contributed by atoms with Gasteiger partial charge in [0.25, 0.3) is 0 Å². The van der Waals surface area contributed by atoms with Crippen molar-refractivity contribution in [3.05, 3.63) is 69.8 Å². The SMILES string of the molecule is O=C(O)C(O)C(NC1Cc2[nH]c3c(Br)cccc3c2C1)c1ccccc1. The highest BCUT2D eigenvalue weighted by Crippen LogP contribution is 2.34. The number of para-hydroxylation sites is 1. The van der Waals surface area contributed by atoms with Crippen LogP contribution in [0.1, 0.15) is 22.9 Å². The summed E-state index contributed by atoms with van der Waals surface area (Å²) in [6.07, 6.45) is 0.0651. The summed E-state index contributed by atoms with van der Waals surface area (Å²) in [7, 11) is 0. The number of hydrogen-bond donors (Lipinski definition) is 4. The number of H-pyrrole nitrogens is 1. The van der Waals surface area contributed by atoms with Crippen molar-refractivity contribution in [3.8, 4) is 0 Å². The first-order valence-corrected chi connectivity index (χ1v) is 9.33. The van der Waals surface area contributed by atoms with E-state index in [-0.39, 0.29) is 6.04 Å². The smallest absolute Gasteiger partial charge is 0.334 e. The van der Waals surface area contributed by atoms with Crippen LogP contribution < -0.4 is 5.32 Å². The third-order valence-corrected chi connectivity index (χ3v) is 5.68. The minimum Gasteiger partial charge on any atom is -0.479 e. The number of carbonyl (C=O) groups is 1. The molecule has 134 valence electrons. The van der Waals surface area contributed by atoms with Crippen LogP contribution in [0.4, 0.5) is 0 Å². The van der Waals surface area contributed by atoms with Crippen molar-refractivity contribution in [2.75, 3.05) is 0 Å². The van der Waals surface area contributed by atoms with E-state index in [0.717, 1.165) is 28.4 Å². The van der Waals surface area contributed by atoms with Gasteiger partial charge in [0.05, 0.1) is 11.6 Å². The summed E-state index contributed by atoms with van der Waals surface area (Å²) in [5.74, 6) is -1.22. The Kier molecular flexibility index (Phi) is 4.56. The Hall–Kier alpha value is -2.15. The van der Waals surface area contributed by atoms with Gasteiger partial charge in [0, 0.05) is 28.0 Å². The molecule has 0 spiro atoms. The molecule has 0 saturated heterocycles. The molecule has 0 radical (unpaired) electrons. The minimum atomic E-state index is -1.50. The molecule has 26 heavy (non-hydrogen) atoms. The molecule has 3 unspecified atom stereocenters. The van der Waals surface area contributed by atoms with Gasteiger partial charge in [-0.15, -0.1) is 0 Å². The first-order chi connectivity index (χ1) is 12.5. The van der Waals surface area contributed by atoms with E-state index in [1.165, 1.54) is 16.6 Å². The standard InChI is InChI=1S/C20H19BrN2O3/c21-15-8-4-7-13-14-9-12(10-16(14)23-18(13)15)22-17(19(24)20(25)26)11-5-2-1-3-6-11/h1-8,12,17,19,22-24H,9-10H2,(H,25,26). The van der Waals surface area contributed by atoms with Crippen LogP contribution in [0, 0.1) is 0 Å². The maximum absolute atomic E-state index is 11.4. The van der Waals surface area contributed by atoms with Crippen molar-refractivity contribution in [2.24, 2.45) is 0 Å². The van der Waals surface area contributed by atoms with Crippen molar-refractivity contribution in [1.82, 2.24) is 10.3 Å². The predicted octanol–water partition coefficient (Wildman–Crippen LogP) is 3.17. The second-order valence-electron chi connectivity index (χ2n) is 6.69. The number of benzene rings is 2. The molecule has 5 nitrogen and oxygen atoms in total. The van der Waals surface area contributed by atoms with Gasteiger partial charge in [0.1, 0.15) is 0 Å². The number of fused-ring (bicyclic) bond motifs is 3. The van der Waals surface area contributed by atoms with Crippen LogP contribution in [0.5, 0.6) is 0 Å². The quantitative estimate of drug-likeness (QED) is 0.516. The zero-order valence-electron chi connectivity index (χ0n) is 13.9. The third kappa shape index (κ3) is 3.05. The molecular weight excluding hydrogens is 396 g/mol. The zero-order chi connectivity index (χ0) is 18.3. The largest absolute Gasteiger partial charge is 0.479 e.